The maximum atomic E-state index is 12.1. The summed E-state index contributed by atoms with van der Waals surface area (Å²) in [6.07, 6.45) is 4.47. The summed E-state index contributed by atoms with van der Waals surface area (Å²) in [7, 11) is 0. The van der Waals surface area contributed by atoms with Gasteiger partial charge in [-0.05, 0) is 31.4 Å². The monoisotopic (exact) mass is 329 g/mol. The quantitative estimate of drug-likeness (QED) is 0.792. The summed E-state index contributed by atoms with van der Waals surface area (Å²) < 4.78 is 1.18. The van der Waals surface area contributed by atoms with Crippen molar-refractivity contribution in [3.8, 4) is 0 Å². The van der Waals surface area contributed by atoms with Gasteiger partial charge >= 0.3 is 0 Å². The van der Waals surface area contributed by atoms with Gasteiger partial charge in [0.1, 0.15) is 0 Å². The molecule has 2 heterocycles. The van der Waals surface area contributed by atoms with Crippen molar-refractivity contribution in [3.05, 3.63) is 39.8 Å². The summed E-state index contributed by atoms with van der Waals surface area (Å²) in [4.78, 5) is 22.4. The fourth-order valence-corrected chi connectivity index (χ4v) is 4.71. The van der Waals surface area contributed by atoms with Crippen LogP contribution in [0.5, 0.6) is 0 Å². The number of fused-ring (bicyclic) bond motifs is 2. The number of hydrogen-bond acceptors (Lipinski definition) is 5. The van der Waals surface area contributed by atoms with Crippen molar-refractivity contribution < 1.29 is 4.79 Å². The summed E-state index contributed by atoms with van der Waals surface area (Å²) >= 11 is 3.28. The number of thiazole rings is 2. The van der Waals surface area contributed by atoms with Crippen LogP contribution in [0.25, 0.3) is 10.2 Å². The molecule has 0 aliphatic heterocycles. The molecule has 2 aromatic heterocycles. The minimum Gasteiger partial charge on any atom is -0.302 e. The van der Waals surface area contributed by atoms with E-state index in [2.05, 4.69) is 21.4 Å². The first-order valence-corrected chi connectivity index (χ1v) is 9.04. The maximum absolute atomic E-state index is 12.1. The highest BCUT2D eigenvalue weighted by Crippen LogP contribution is 2.30. The third-order valence-corrected chi connectivity index (χ3v) is 5.92. The van der Waals surface area contributed by atoms with E-state index >= 15 is 0 Å². The van der Waals surface area contributed by atoms with Crippen LogP contribution in [0.1, 0.15) is 28.4 Å². The van der Waals surface area contributed by atoms with Gasteiger partial charge in [0.05, 0.1) is 20.9 Å². The number of nitrogens with zero attached hydrogens (tertiary/aromatic N) is 2. The van der Waals surface area contributed by atoms with Crippen molar-refractivity contribution >= 4 is 43.9 Å². The number of rotatable bonds is 4. The van der Waals surface area contributed by atoms with Gasteiger partial charge in [-0.1, -0.05) is 12.1 Å². The Hall–Kier alpha value is -1.79. The van der Waals surface area contributed by atoms with Crippen LogP contribution in [0.2, 0.25) is 0 Å². The van der Waals surface area contributed by atoms with Crippen LogP contribution in [-0.4, -0.2) is 15.9 Å². The number of nitrogens with one attached hydrogen (secondary N) is 1. The van der Waals surface area contributed by atoms with E-state index in [0.717, 1.165) is 28.5 Å². The molecule has 1 aromatic carbocycles. The highest BCUT2D eigenvalue weighted by molar-refractivity contribution is 7.18. The van der Waals surface area contributed by atoms with Crippen LogP contribution in [0.4, 0.5) is 5.13 Å². The summed E-state index contributed by atoms with van der Waals surface area (Å²) in [5, 5.41) is 4.68. The van der Waals surface area contributed by atoms with Gasteiger partial charge in [-0.2, -0.15) is 0 Å². The Morgan fingerprint density at radius 1 is 1.18 bits per heavy atom. The van der Waals surface area contributed by atoms with Crippen LogP contribution >= 0.6 is 22.7 Å². The first-order chi connectivity index (χ1) is 10.8. The Kier molecular flexibility index (Phi) is 3.63. The van der Waals surface area contributed by atoms with E-state index in [0.29, 0.717) is 12.8 Å². The third-order valence-electron chi connectivity index (χ3n) is 3.75. The maximum Gasteiger partial charge on any atom is 0.226 e. The Morgan fingerprint density at radius 2 is 2.09 bits per heavy atom. The van der Waals surface area contributed by atoms with Gasteiger partial charge in [-0.15, -0.1) is 22.7 Å². The van der Waals surface area contributed by atoms with Gasteiger partial charge in [0.2, 0.25) is 5.91 Å². The lowest BCUT2D eigenvalue weighted by molar-refractivity contribution is -0.116. The van der Waals surface area contributed by atoms with E-state index in [1.807, 2.05) is 18.2 Å². The van der Waals surface area contributed by atoms with Gasteiger partial charge in [-0.25, -0.2) is 9.97 Å². The molecular formula is C16H15N3OS2. The average molecular weight is 329 g/mol. The van der Waals surface area contributed by atoms with Crippen molar-refractivity contribution in [2.75, 3.05) is 5.32 Å². The number of aromatic nitrogens is 2. The van der Waals surface area contributed by atoms with Crippen molar-refractivity contribution in [2.45, 2.75) is 32.1 Å². The van der Waals surface area contributed by atoms with Crippen LogP contribution in [0.15, 0.2) is 24.3 Å². The fourth-order valence-electron chi connectivity index (χ4n) is 2.67. The Bertz CT molecular complexity index is 782. The molecule has 0 atom stereocenters. The molecule has 0 unspecified atom stereocenters. The normalized spacial score (nSPS) is 13.5. The summed E-state index contributed by atoms with van der Waals surface area (Å²) in [5.74, 6) is 0.0201. The zero-order chi connectivity index (χ0) is 14.9. The molecule has 0 bridgehead atoms. The second kappa shape index (κ2) is 5.78. The zero-order valence-corrected chi connectivity index (χ0v) is 13.6. The number of carbonyl (C=O) groups is 1. The molecule has 1 N–H and O–H groups in total. The molecule has 0 radical (unpaired) electrons. The Morgan fingerprint density at radius 3 is 2.95 bits per heavy atom. The number of benzene rings is 1. The highest BCUT2D eigenvalue weighted by Gasteiger charge is 2.17. The highest BCUT2D eigenvalue weighted by atomic mass is 32.1. The first kappa shape index (κ1) is 13.8. The van der Waals surface area contributed by atoms with E-state index in [4.69, 9.17) is 0 Å². The van der Waals surface area contributed by atoms with Crippen LogP contribution in [-0.2, 0) is 24.1 Å². The second-order valence-electron chi connectivity index (χ2n) is 5.37. The van der Waals surface area contributed by atoms with Crippen LogP contribution < -0.4 is 5.32 Å². The number of amides is 1. The summed E-state index contributed by atoms with van der Waals surface area (Å²) in [6.45, 7) is 0. The van der Waals surface area contributed by atoms with Gasteiger partial charge in [0.15, 0.2) is 5.13 Å². The predicted octanol–water partition coefficient (Wildman–Crippen LogP) is 3.81. The SMILES string of the molecule is O=C(CCc1nc2ccccc2s1)Nc1nc2c(s1)CCC2. The molecule has 0 saturated heterocycles. The fraction of sp³-hybridized carbons (Fsp3) is 0.312. The Labute approximate surface area is 136 Å². The van der Waals surface area contributed by atoms with E-state index in [1.165, 1.54) is 21.7 Å². The van der Waals surface area contributed by atoms with E-state index in [9.17, 15) is 4.79 Å². The molecule has 0 spiro atoms. The molecule has 6 heteroatoms. The van der Waals surface area contributed by atoms with Crippen molar-refractivity contribution in [3.63, 3.8) is 0 Å². The average Bonchev–Trinajstić information content (AvgIpc) is 3.18. The molecule has 3 aromatic rings. The molecule has 1 amide bonds. The molecule has 0 saturated carbocycles. The van der Waals surface area contributed by atoms with Crippen LogP contribution in [0, 0.1) is 0 Å². The number of carbonyl (C=O) groups excluding carboxylic acids is 1. The summed E-state index contributed by atoms with van der Waals surface area (Å²) in [5.41, 5.74) is 2.19. The van der Waals surface area contributed by atoms with Crippen molar-refractivity contribution in [2.24, 2.45) is 0 Å². The predicted molar refractivity (Wildman–Crippen MR) is 90.7 cm³/mol. The largest absolute Gasteiger partial charge is 0.302 e. The molecule has 1 aliphatic rings. The van der Waals surface area contributed by atoms with Gasteiger partial charge in [0, 0.05) is 17.7 Å². The lowest BCUT2D eigenvalue weighted by Crippen LogP contribution is -2.12. The zero-order valence-electron chi connectivity index (χ0n) is 12.0. The second-order valence-corrected chi connectivity index (χ2v) is 7.56. The molecule has 22 heavy (non-hydrogen) atoms. The smallest absolute Gasteiger partial charge is 0.226 e. The van der Waals surface area contributed by atoms with Crippen molar-refractivity contribution in [1.82, 2.24) is 9.97 Å². The lowest BCUT2D eigenvalue weighted by atomic mass is 10.3. The Balaban J connectivity index is 1.37. The molecule has 4 rings (SSSR count). The van der Waals surface area contributed by atoms with Crippen molar-refractivity contribution in [1.29, 1.82) is 0 Å². The molecular weight excluding hydrogens is 314 g/mol. The minimum atomic E-state index is 0.0201. The number of anilines is 1. The molecule has 1 aliphatic carbocycles. The summed E-state index contributed by atoms with van der Waals surface area (Å²) in [6, 6.07) is 8.07. The lowest BCUT2D eigenvalue weighted by Gasteiger charge is -2.00. The standard InChI is InChI=1S/C16H15N3OS2/c20-14(19-16-18-11-5-3-7-13(11)22-16)8-9-15-17-10-4-1-2-6-12(10)21-15/h1-2,4,6H,3,5,7-9H2,(H,18,19,20). The van der Waals surface area contributed by atoms with E-state index in [-0.39, 0.29) is 5.91 Å². The van der Waals surface area contributed by atoms with Gasteiger partial charge in [0.25, 0.3) is 0 Å². The minimum absolute atomic E-state index is 0.0201. The molecule has 0 fully saturated rings. The first-order valence-electron chi connectivity index (χ1n) is 7.41. The number of hydrogen-bond donors (Lipinski definition) is 1. The third kappa shape index (κ3) is 2.76. The van der Waals surface area contributed by atoms with Crippen LogP contribution in [0.3, 0.4) is 0 Å². The number of para-hydroxylation sites is 1. The van der Waals surface area contributed by atoms with Gasteiger partial charge < -0.3 is 5.32 Å². The van der Waals surface area contributed by atoms with E-state index < -0.39 is 0 Å². The topological polar surface area (TPSA) is 54.9 Å². The van der Waals surface area contributed by atoms with Gasteiger partial charge in [-0.3, -0.25) is 4.79 Å². The van der Waals surface area contributed by atoms with E-state index in [1.54, 1.807) is 22.7 Å². The molecule has 4 nitrogen and oxygen atoms in total. The molecule has 112 valence electrons. The number of aryl methyl sites for hydroxylation is 3.